The van der Waals surface area contributed by atoms with Gasteiger partial charge in [0.15, 0.2) is 0 Å². The van der Waals surface area contributed by atoms with Crippen LogP contribution in [0, 0.1) is 0 Å². The van der Waals surface area contributed by atoms with E-state index in [1.165, 1.54) is 23.3 Å². The minimum absolute atomic E-state index is 0.100. The lowest BCUT2D eigenvalue weighted by molar-refractivity contribution is 0.0655. The highest BCUT2D eigenvalue weighted by molar-refractivity contribution is 6.38. The molecule has 2 aliphatic heterocycles. The SMILES string of the molecule is O=C(O)c1cc2c(Cl)c(N3CCN(Cc4ccc(Cl)cc4)CC3)ccc2o1.O=C(O)c1cc2c(Cl)c(N3CCN(Cc4cccc(Cl)c4)CC3)ccc2o1. The van der Waals surface area contributed by atoms with Crippen LogP contribution in [0.25, 0.3) is 21.9 Å². The van der Waals surface area contributed by atoms with Gasteiger partial charge in [-0.05, 0) is 59.7 Å². The van der Waals surface area contributed by atoms with Gasteiger partial charge in [-0.15, -0.1) is 0 Å². The Balaban J connectivity index is 0.000000167. The predicted octanol–water partition coefficient (Wildman–Crippen LogP) is 9.52. The Bertz CT molecular complexity index is 2290. The number of carbonyl (C=O) groups is 2. The van der Waals surface area contributed by atoms with Crippen molar-refractivity contribution in [3.63, 3.8) is 0 Å². The molecule has 2 aromatic heterocycles. The van der Waals surface area contributed by atoms with Crippen LogP contribution in [0.2, 0.25) is 20.1 Å². The van der Waals surface area contributed by atoms with Crippen LogP contribution in [-0.4, -0.2) is 84.3 Å². The topological polar surface area (TPSA) is 114 Å². The molecule has 0 saturated carbocycles. The second kappa shape index (κ2) is 16.5. The lowest BCUT2D eigenvalue weighted by atomic mass is 10.1. The molecule has 4 heterocycles. The molecule has 0 unspecified atom stereocenters. The third kappa shape index (κ3) is 8.60. The van der Waals surface area contributed by atoms with Crippen LogP contribution in [0.1, 0.15) is 32.2 Å². The Hall–Kier alpha value is -4.42. The monoisotopic (exact) mass is 808 g/mol. The van der Waals surface area contributed by atoms with Gasteiger partial charge in [-0.3, -0.25) is 9.80 Å². The third-order valence-corrected chi connectivity index (χ3v) is 11.0. The van der Waals surface area contributed by atoms with E-state index in [1.54, 1.807) is 12.1 Å². The Morgan fingerprint density at radius 3 is 1.44 bits per heavy atom. The molecule has 2 fully saturated rings. The smallest absolute Gasteiger partial charge is 0.371 e. The molecule has 0 spiro atoms. The number of furan rings is 2. The summed E-state index contributed by atoms with van der Waals surface area (Å²) in [6.45, 7) is 8.80. The number of nitrogens with zero attached hydrogens (tertiary/aromatic N) is 4. The number of piperazine rings is 2. The summed E-state index contributed by atoms with van der Waals surface area (Å²) in [5, 5.41) is 22.0. The normalized spacial score (nSPS) is 15.4. The largest absolute Gasteiger partial charge is 0.475 e. The fourth-order valence-electron chi connectivity index (χ4n) is 6.87. The van der Waals surface area contributed by atoms with Crippen LogP contribution in [0.15, 0.2) is 93.8 Å². The number of hydrogen-bond acceptors (Lipinski definition) is 8. The van der Waals surface area contributed by atoms with E-state index in [2.05, 4.69) is 37.8 Å². The van der Waals surface area contributed by atoms with E-state index >= 15 is 0 Å². The molecule has 0 atom stereocenters. The molecule has 2 aliphatic rings. The fourth-order valence-corrected chi connectivity index (χ4v) is 7.87. The zero-order valence-electron chi connectivity index (χ0n) is 29.0. The summed E-state index contributed by atoms with van der Waals surface area (Å²) in [5.74, 6) is -2.40. The van der Waals surface area contributed by atoms with Crippen LogP contribution in [0.5, 0.6) is 0 Å². The Morgan fingerprint density at radius 1 is 0.537 bits per heavy atom. The Labute approximate surface area is 331 Å². The van der Waals surface area contributed by atoms with Crippen molar-refractivity contribution in [3.8, 4) is 0 Å². The molecule has 0 radical (unpaired) electrons. The highest BCUT2D eigenvalue weighted by Gasteiger charge is 2.24. The van der Waals surface area contributed by atoms with E-state index in [0.717, 1.165) is 86.9 Å². The number of aromatic carboxylic acids is 2. The van der Waals surface area contributed by atoms with Gasteiger partial charge in [-0.25, -0.2) is 9.59 Å². The third-order valence-electron chi connectivity index (χ3n) is 9.69. The number of benzene rings is 4. The molecule has 54 heavy (non-hydrogen) atoms. The first-order valence-corrected chi connectivity index (χ1v) is 18.9. The van der Waals surface area contributed by atoms with Gasteiger partial charge in [0.25, 0.3) is 0 Å². The summed E-state index contributed by atoms with van der Waals surface area (Å²) in [6, 6.07) is 26.2. The van der Waals surface area contributed by atoms with Gasteiger partial charge >= 0.3 is 11.9 Å². The Morgan fingerprint density at radius 2 is 1.00 bits per heavy atom. The standard InChI is InChI=1S/2C20H18Cl2N2O3/c21-14-3-1-13(2-4-14)12-23-7-9-24(10-8-23)16-5-6-17-15(19(16)22)11-18(27-17)20(25)26;21-14-3-1-2-13(10-14)12-23-6-8-24(9-7-23)16-4-5-17-15(19(16)22)11-18(27-17)20(25)26/h1-6,11H,7-10,12H2,(H,25,26);1-5,10-11H,6-9,12H2,(H,25,26). The average Bonchev–Trinajstić information content (AvgIpc) is 3.81. The zero-order chi connectivity index (χ0) is 37.9. The molecule has 0 aliphatic carbocycles. The summed E-state index contributed by atoms with van der Waals surface area (Å²) in [7, 11) is 0. The number of halogens is 4. The summed E-state index contributed by atoms with van der Waals surface area (Å²) in [6.07, 6.45) is 0. The van der Waals surface area contributed by atoms with Gasteiger partial charge in [0.1, 0.15) is 11.2 Å². The van der Waals surface area contributed by atoms with Crippen LogP contribution in [0.3, 0.4) is 0 Å². The molecule has 8 rings (SSSR count). The first-order chi connectivity index (χ1) is 26.0. The van der Waals surface area contributed by atoms with Crippen molar-refractivity contribution in [2.75, 3.05) is 62.2 Å². The van der Waals surface area contributed by atoms with E-state index in [1.807, 2.05) is 42.5 Å². The quantitative estimate of drug-likeness (QED) is 0.154. The summed E-state index contributed by atoms with van der Waals surface area (Å²) >= 11 is 25.1. The van der Waals surface area contributed by atoms with Crippen LogP contribution in [0.4, 0.5) is 11.4 Å². The van der Waals surface area contributed by atoms with Gasteiger partial charge < -0.3 is 28.8 Å². The van der Waals surface area contributed by atoms with Gasteiger partial charge in [0.05, 0.1) is 21.4 Å². The number of hydrogen-bond donors (Lipinski definition) is 2. The van der Waals surface area contributed by atoms with E-state index < -0.39 is 11.9 Å². The number of fused-ring (bicyclic) bond motifs is 2. The van der Waals surface area contributed by atoms with Crippen molar-refractivity contribution < 1.29 is 28.6 Å². The Kier molecular flexibility index (Phi) is 11.6. The van der Waals surface area contributed by atoms with Crippen molar-refractivity contribution in [3.05, 3.63) is 128 Å². The van der Waals surface area contributed by atoms with E-state index in [-0.39, 0.29) is 11.5 Å². The molecule has 0 bridgehead atoms. The van der Waals surface area contributed by atoms with E-state index in [4.69, 9.17) is 65.5 Å². The minimum Gasteiger partial charge on any atom is -0.475 e. The molecule has 2 saturated heterocycles. The maximum Gasteiger partial charge on any atom is 0.371 e. The van der Waals surface area contributed by atoms with Gasteiger partial charge in [-0.1, -0.05) is 70.7 Å². The summed E-state index contributed by atoms with van der Waals surface area (Å²) in [5.41, 5.74) is 5.24. The van der Waals surface area contributed by atoms with Crippen molar-refractivity contribution in [1.29, 1.82) is 0 Å². The zero-order valence-corrected chi connectivity index (χ0v) is 32.0. The van der Waals surface area contributed by atoms with E-state index in [9.17, 15) is 9.59 Å². The second-order valence-corrected chi connectivity index (χ2v) is 14.9. The second-order valence-electron chi connectivity index (χ2n) is 13.2. The summed E-state index contributed by atoms with van der Waals surface area (Å²) < 4.78 is 10.6. The van der Waals surface area contributed by atoms with Crippen LogP contribution in [-0.2, 0) is 13.1 Å². The lowest BCUT2D eigenvalue weighted by Gasteiger charge is -2.36. The maximum absolute atomic E-state index is 11.1. The first-order valence-electron chi connectivity index (χ1n) is 17.4. The van der Waals surface area contributed by atoms with Crippen molar-refractivity contribution in [2.45, 2.75) is 13.1 Å². The van der Waals surface area contributed by atoms with Gasteiger partial charge in [0.2, 0.25) is 11.5 Å². The fraction of sp³-hybridized carbons (Fsp3) is 0.250. The number of carboxylic acid groups (broad SMARTS) is 2. The highest BCUT2D eigenvalue weighted by Crippen LogP contribution is 2.37. The molecule has 0 amide bonds. The van der Waals surface area contributed by atoms with E-state index in [0.29, 0.717) is 32.0 Å². The molecule has 4 aromatic carbocycles. The summed E-state index contributed by atoms with van der Waals surface area (Å²) in [4.78, 5) is 31.5. The number of rotatable bonds is 8. The minimum atomic E-state index is -1.10. The van der Waals surface area contributed by atoms with Crippen LogP contribution < -0.4 is 9.80 Å². The molecule has 280 valence electrons. The molecular formula is C40H36Cl4N4O6. The number of anilines is 2. The average molecular weight is 811 g/mol. The molecular weight excluding hydrogens is 774 g/mol. The first kappa shape index (κ1) is 37.9. The lowest BCUT2D eigenvalue weighted by Crippen LogP contribution is -2.46. The van der Waals surface area contributed by atoms with Crippen molar-refractivity contribution >= 4 is 91.7 Å². The van der Waals surface area contributed by atoms with Crippen molar-refractivity contribution in [2.24, 2.45) is 0 Å². The molecule has 6 aromatic rings. The van der Waals surface area contributed by atoms with Crippen LogP contribution >= 0.6 is 46.4 Å². The highest BCUT2D eigenvalue weighted by atomic mass is 35.5. The van der Waals surface area contributed by atoms with Crippen molar-refractivity contribution in [1.82, 2.24) is 9.80 Å². The predicted molar refractivity (Wildman–Crippen MR) is 214 cm³/mol. The molecule has 10 nitrogen and oxygen atoms in total. The molecule has 14 heteroatoms. The maximum atomic E-state index is 11.1. The van der Waals surface area contributed by atoms with Gasteiger partial charge in [0, 0.05) is 98.4 Å². The van der Waals surface area contributed by atoms with Gasteiger partial charge in [-0.2, -0.15) is 0 Å². The molecule has 2 N–H and O–H groups in total. The number of carboxylic acids is 2.